The Morgan fingerprint density at radius 2 is 2.06 bits per heavy atom. The number of benzene rings is 1. The predicted octanol–water partition coefficient (Wildman–Crippen LogP) is 3.30. The molecule has 0 aromatic heterocycles. The van der Waals surface area contributed by atoms with Crippen molar-refractivity contribution in [2.75, 3.05) is 5.73 Å². The highest BCUT2D eigenvalue weighted by molar-refractivity contribution is 5.52. The van der Waals surface area contributed by atoms with E-state index in [4.69, 9.17) is 5.73 Å². The first-order valence-electron chi connectivity index (χ1n) is 5.68. The summed E-state index contributed by atoms with van der Waals surface area (Å²) in [6.45, 7) is 2.15. The summed E-state index contributed by atoms with van der Waals surface area (Å²) in [6.07, 6.45) is 5.41. The lowest BCUT2D eigenvalue weighted by Crippen LogP contribution is -1.97. The molecule has 0 heterocycles. The molecule has 0 bridgehead atoms. The third kappa shape index (κ3) is 3.53. The normalized spacial score (nSPS) is 10.3. The maximum absolute atomic E-state index is 10.6. The number of aryl methyl sites for hydroxylation is 1. The number of unbranched alkanes of at least 4 members (excludes halogenated alkanes) is 3. The molecule has 0 atom stereocenters. The zero-order chi connectivity index (χ0) is 12.0. The van der Waals surface area contributed by atoms with Gasteiger partial charge in [-0.25, -0.2) is 0 Å². The molecule has 0 spiro atoms. The van der Waals surface area contributed by atoms with Gasteiger partial charge in [0.05, 0.1) is 4.92 Å². The molecule has 4 nitrogen and oxygen atoms in total. The van der Waals surface area contributed by atoms with Crippen LogP contribution in [0.25, 0.3) is 0 Å². The average Bonchev–Trinajstić information content (AvgIpc) is 2.26. The monoisotopic (exact) mass is 222 g/mol. The van der Waals surface area contributed by atoms with E-state index in [1.807, 2.05) is 0 Å². The second-order valence-corrected chi connectivity index (χ2v) is 3.95. The molecule has 0 aliphatic carbocycles. The minimum atomic E-state index is -0.380. The number of nitro benzene ring substituents is 1. The topological polar surface area (TPSA) is 69.2 Å². The van der Waals surface area contributed by atoms with Gasteiger partial charge in [-0.15, -0.1) is 0 Å². The lowest BCUT2D eigenvalue weighted by atomic mass is 10.0. The van der Waals surface area contributed by atoms with Crippen LogP contribution in [-0.4, -0.2) is 4.92 Å². The molecule has 0 unspecified atom stereocenters. The predicted molar refractivity (Wildman–Crippen MR) is 65.4 cm³/mol. The second-order valence-electron chi connectivity index (χ2n) is 3.95. The quantitative estimate of drug-likeness (QED) is 0.347. The van der Waals surface area contributed by atoms with E-state index in [2.05, 4.69) is 6.92 Å². The van der Waals surface area contributed by atoms with Crippen molar-refractivity contribution < 1.29 is 4.92 Å². The Bertz CT molecular complexity index is 364. The maximum Gasteiger partial charge on any atom is 0.269 e. The Morgan fingerprint density at radius 3 is 2.69 bits per heavy atom. The number of hydrogen-bond acceptors (Lipinski definition) is 3. The zero-order valence-corrected chi connectivity index (χ0v) is 9.61. The minimum Gasteiger partial charge on any atom is -0.398 e. The molecular weight excluding hydrogens is 204 g/mol. The van der Waals surface area contributed by atoms with Crippen molar-refractivity contribution in [2.45, 2.75) is 39.0 Å². The number of anilines is 1. The highest BCUT2D eigenvalue weighted by atomic mass is 16.6. The van der Waals surface area contributed by atoms with Crippen LogP contribution in [0.3, 0.4) is 0 Å². The Morgan fingerprint density at radius 1 is 1.31 bits per heavy atom. The van der Waals surface area contributed by atoms with E-state index in [1.165, 1.54) is 18.9 Å². The van der Waals surface area contributed by atoms with Gasteiger partial charge in [-0.3, -0.25) is 10.1 Å². The van der Waals surface area contributed by atoms with Crippen LogP contribution in [0.1, 0.15) is 38.2 Å². The van der Waals surface area contributed by atoms with E-state index >= 15 is 0 Å². The van der Waals surface area contributed by atoms with E-state index in [0.717, 1.165) is 24.8 Å². The van der Waals surface area contributed by atoms with E-state index < -0.39 is 0 Å². The maximum atomic E-state index is 10.6. The van der Waals surface area contributed by atoms with E-state index in [-0.39, 0.29) is 10.6 Å². The third-order valence-electron chi connectivity index (χ3n) is 2.64. The molecule has 2 N–H and O–H groups in total. The van der Waals surface area contributed by atoms with Crippen molar-refractivity contribution in [1.82, 2.24) is 0 Å². The van der Waals surface area contributed by atoms with Gasteiger partial charge in [0, 0.05) is 17.8 Å². The fraction of sp³-hybridized carbons (Fsp3) is 0.500. The average molecular weight is 222 g/mol. The molecule has 0 amide bonds. The van der Waals surface area contributed by atoms with Gasteiger partial charge in [0.1, 0.15) is 0 Å². The summed E-state index contributed by atoms with van der Waals surface area (Å²) in [5.41, 5.74) is 7.45. The fourth-order valence-electron chi connectivity index (χ4n) is 1.66. The van der Waals surface area contributed by atoms with Crippen molar-refractivity contribution in [3.8, 4) is 0 Å². The molecule has 1 rings (SSSR count). The Balaban J connectivity index is 2.63. The highest BCUT2D eigenvalue weighted by Gasteiger charge is 2.08. The number of nitrogen functional groups attached to an aromatic ring is 1. The van der Waals surface area contributed by atoms with Gasteiger partial charge < -0.3 is 5.73 Å². The van der Waals surface area contributed by atoms with Crippen LogP contribution in [0, 0.1) is 10.1 Å². The molecule has 0 saturated carbocycles. The summed E-state index contributed by atoms with van der Waals surface area (Å²) in [4.78, 5) is 10.2. The third-order valence-corrected chi connectivity index (χ3v) is 2.64. The minimum absolute atomic E-state index is 0.125. The summed E-state index contributed by atoms with van der Waals surface area (Å²) in [5, 5.41) is 10.6. The van der Waals surface area contributed by atoms with Gasteiger partial charge in [-0.2, -0.15) is 0 Å². The van der Waals surface area contributed by atoms with Gasteiger partial charge in [-0.1, -0.05) is 26.2 Å². The lowest BCUT2D eigenvalue weighted by molar-refractivity contribution is -0.384. The number of rotatable bonds is 6. The van der Waals surface area contributed by atoms with Gasteiger partial charge in [0.2, 0.25) is 0 Å². The molecule has 4 heteroatoms. The van der Waals surface area contributed by atoms with Crippen molar-refractivity contribution in [3.63, 3.8) is 0 Å². The number of nitrogens with two attached hydrogens (primary N) is 1. The molecule has 16 heavy (non-hydrogen) atoms. The molecule has 0 fully saturated rings. The molecule has 0 aliphatic heterocycles. The number of nitrogens with zero attached hydrogens (tertiary/aromatic N) is 1. The smallest absolute Gasteiger partial charge is 0.269 e. The first kappa shape index (κ1) is 12.5. The summed E-state index contributed by atoms with van der Waals surface area (Å²) < 4.78 is 0. The standard InChI is InChI=1S/C12H18N2O2/c1-2-3-4-5-6-10-9-11(14(15)16)7-8-12(10)13/h7-9H,2-6,13H2,1H3. The van der Waals surface area contributed by atoms with Gasteiger partial charge >= 0.3 is 0 Å². The summed E-state index contributed by atoms with van der Waals surface area (Å²) in [6, 6.07) is 4.65. The van der Waals surface area contributed by atoms with Crippen molar-refractivity contribution in [2.24, 2.45) is 0 Å². The molecule has 88 valence electrons. The molecule has 0 saturated heterocycles. The number of non-ortho nitro benzene ring substituents is 1. The molecular formula is C12H18N2O2. The van der Waals surface area contributed by atoms with Crippen LogP contribution < -0.4 is 5.73 Å². The summed E-state index contributed by atoms with van der Waals surface area (Å²) >= 11 is 0. The van der Waals surface area contributed by atoms with Gasteiger partial charge in [0.25, 0.3) is 5.69 Å². The number of nitro groups is 1. The van der Waals surface area contributed by atoms with Gasteiger partial charge in [0.15, 0.2) is 0 Å². The summed E-state index contributed by atoms with van der Waals surface area (Å²) in [7, 11) is 0. The number of hydrogen-bond donors (Lipinski definition) is 1. The fourth-order valence-corrected chi connectivity index (χ4v) is 1.66. The lowest BCUT2D eigenvalue weighted by Gasteiger charge is -2.05. The Kier molecular flexibility index (Phi) is 4.76. The second kappa shape index (κ2) is 6.10. The van der Waals surface area contributed by atoms with Crippen molar-refractivity contribution >= 4 is 11.4 Å². The molecule has 1 aromatic rings. The van der Waals surface area contributed by atoms with Crippen LogP contribution in [0.4, 0.5) is 11.4 Å². The molecule has 0 radical (unpaired) electrons. The van der Waals surface area contributed by atoms with Crippen LogP contribution in [0.15, 0.2) is 18.2 Å². The zero-order valence-electron chi connectivity index (χ0n) is 9.61. The van der Waals surface area contributed by atoms with Crippen LogP contribution in [0.2, 0.25) is 0 Å². The Hall–Kier alpha value is -1.58. The Labute approximate surface area is 95.6 Å². The first-order chi connectivity index (χ1) is 7.65. The largest absolute Gasteiger partial charge is 0.398 e. The first-order valence-corrected chi connectivity index (χ1v) is 5.68. The highest BCUT2D eigenvalue weighted by Crippen LogP contribution is 2.21. The molecule has 1 aromatic carbocycles. The van der Waals surface area contributed by atoms with Crippen molar-refractivity contribution in [1.29, 1.82) is 0 Å². The van der Waals surface area contributed by atoms with Crippen molar-refractivity contribution in [3.05, 3.63) is 33.9 Å². The van der Waals surface area contributed by atoms with Gasteiger partial charge in [-0.05, 0) is 24.5 Å². The summed E-state index contributed by atoms with van der Waals surface area (Å²) in [5.74, 6) is 0. The van der Waals surface area contributed by atoms with E-state index in [0.29, 0.717) is 5.69 Å². The van der Waals surface area contributed by atoms with Crippen LogP contribution in [-0.2, 0) is 6.42 Å². The van der Waals surface area contributed by atoms with E-state index in [9.17, 15) is 10.1 Å². The molecule has 0 aliphatic rings. The van der Waals surface area contributed by atoms with Crippen LogP contribution in [0.5, 0.6) is 0 Å². The SMILES string of the molecule is CCCCCCc1cc([N+](=O)[O-])ccc1N. The van der Waals surface area contributed by atoms with Crippen LogP contribution >= 0.6 is 0 Å². The van der Waals surface area contributed by atoms with E-state index in [1.54, 1.807) is 12.1 Å².